The fraction of sp³-hybridized carbons (Fsp3) is 0.143. The zero-order valence-corrected chi connectivity index (χ0v) is 65.8. The molecular weight excluding hydrogens is 1540 g/mol. The van der Waals surface area contributed by atoms with Crippen molar-refractivity contribution in [2.24, 2.45) is 5.73 Å². The Kier molecular flexibility index (Phi) is 47.8. The number of hydrogen-bond acceptors (Lipinski definition) is 16. The number of allylic oxidation sites excluding steroid dienone is 3. The van der Waals surface area contributed by atoms with Crippen molar-refractivity contribution in [1.82, 2.24) is 16.0 Å². The maximum Gasteiger partial charge on any atom is 0.337 e. The molecule has 0 radical (unpaired) electrons. The molecule has 0 unspecified atom stereocenters. The standard InChI is InChI=1S/C23H24N2O3.C18H14O2.C17H12O2.C10H9IO2.C9H8O3.C8H6.C6H14N2O2.ClH/c1-17(24-2)21(23(27)28-3)25-22(26)20-15-13-19(14-16-20)12-8-7-11-18-9-5-4-6-10-18;1-20-18(19)17-13-11-16(12-14-17)10-6-5-9-15-7-3-2-4-8-15;18-17(19)16-12-10-15(11-13-16)9-5-4-8-14-6-2-1-3-7-14;1-13-10(12)9-4-2-8(3-5-9)6-7-11;1-12-9(11)8-4-2-7(6-10)3-5-8;1-2-8-6-4-3-5-7-8;1-4(8-2)5(7)6(9)10-3;/h4-6,8-10,12-17,21,24H,1-3H3,(H,25,26);2-4,6-8,10-14H,1H3;1-3,5-7,9-13H,(H,18,19);2-7H,1H3;2-6H,1H3;1,3-7H;4-5,8H,7H2,1-3H3;1H/b12-8+;10-6+;9-5+;7-6+;;;;/t17-,21+;;;;;;4-,5+;/m1.....1./s1. The van der Waals surface area contributed by atoms with Gasteiger partial charge in [0.25, 0.3) is 5.91 Å². The van der Waals surface area contributed by atoms with Gasteiger partial charge in [-0.3, -0.25) is 14.4 Å². The predicted octanol–water partition coefficient (Wildman–Crippen LogP) is 15.0. The quantitative estimate of drug-likeness (QED) is 0.0186. The molecule has 0 heterocycles. The van der Waals surface area contributed by atoms with E-state index in [0.29, 0.717) is 27.8 Å². The van der Waals surface area contributed by atoms with Crippen LogP contribution in [0.2, 0.25) is 0 Å². The van der Waals surface area contributed by atoms with Crippen LogP contribution >= 0.6 is 35.0 Å². The number of ether oxygens (including phenoxy) is 5. The highest BCUT2D eigenvalue weighted by atomic mass is 127. The van der Waals surface area contributed by atoms with Gasteiger partial charge in [-0.1, -0.05) is 197 Å². The van der Waals surface area contributed by atoms with Crippen molar-refractivity contribution >= 4 is 107 Å². The zero-order chi connectivity index (χ0) is 80.7. The first-order valence-electron chi connectivity index (χ1n) is 33.7. The Labute approximate surface area is 670 Å². The molecule has 0 aliphatic heterocycles. The number of carboxylic acid groups (broad SMARTS) is 1. The van der Waals surface area contributed by atoms with Crippen molar-refractivity contribution in [2.75, 3.05) is 49.6 Å². The summed E-state index contributed by atoms with van der Waals surface area (Å²) in [5.74, 6) is 17.4. The molecule has 570 valence electrons. The number of amides is 1. The Morgan fingerprint density at radius 2 is 0.712 bits per heavy atom. The molecule has 9 aromatic rings. The molecule has 9 aromatic carbocycles. The van der Waals surface area contributed by atoms with Gasteiger partial charge >= 0.3 is 35.8 Å². The Bertz CT molecular complexity index is 4690. The maximum atomic E-state index is 12.4. The summed E-state index contributed by atoms with van der Waals surface area (Å²) < 4.78 is 24.8. The van der Waals surface area contributed by atoms with E-state index >= 15 is 0 Å². The predicted molar refractivity (Wildman–Crippen MR) is 451 cm³/mol. The number of halogens is 2. The molecule has 0 aliphatic rings. The van der Waals surface area contributed by atoms with Gasteiger partial charge in [0.15, 0.2) is 0 Å². The van der Waals surface area contributed by atoms with Crippen LogP contribution in [0.3, 0.4) is 0 Å². The summed E-state index contributed by atoms with van der Waals surface area (Å²) in [6.07, 6.45) is 18.7. The smallest absolute Gasteiger partial charge is 0.337 e. The highest BCUT2D eigenvalue weighted by Crippen LogP contribution is 2.13. The highest BCUT2D eigenvalue weighted by molar-refractivity contribution is 14.1. The lowest BCUT2D eigenvalue weighted by atomic mass is 10.1. The number of benzene rings is 9. The number of nitrogens with one attached hydrogen (secondary N) is 3. The Balaban J connectivity index is 0.000000455. The van der Waals surface area contributed by atoms with E-state index in [-0.39, 0.29) is 53.9 Å². The SMILES string of the molecule is C#Cc1ccccc1.CN[C@H](C)[C@H](N)C(=O)OC.CN[C@H](C)[C@H](NC(=O)c1ccc(/C=C/C#Cc2ccccc2)cc1)C(=O)OC.COC(=O)c1ccc(/C=C/C#Cc2ccccc2)cc1.COC(=O)c1ccc(/C=C/I)cc1.COC(=O)c1ccc(C=O)cc1.Cl.O=C(O)c1ccc(/C=C/C#Cc2ccccc2)cc1. The number of rotatable bonds is 17. The van der Waals surface area contributed by atoms with Crippen molar-refractivity contribution in [3.8, 4) is 47.9 Å². The second kappa shape index (κ2) is 56.3. The van der Waals surface area contributed by atoms with Crippen LogP contribution in [0.4, 0.5) is 0 Å². The second-order valence-corrected chi connectivity index (χ2v) is 23.1. The van der Waals surface area contributed by atoms with Crippen molar-refractivity contribution in [3.05, 3.63) is 343 Å². The molecular formula is C91H88ClIN4O14. The molecule has 0 saturated carbocycles. The van der Waals surface area contributed by atoms with E-state index in [1.807, 2.05) is 193 Å². The number of terminal acetylenes is 1. The molecule has 9 rings (SSSR count). The van der Waals surface area contributed by atoms with Gasteiger partial charge in [0, 0.05) is 45.5 Å². The number of methoxy groups -OCH3 is 5. The molecule has 0 aliphatic carbocycles. The molecule has 0 fully saturated rings. The van der Waals surface area contributed by atoms with Crippen molar-refractivity contribution in [2.45, 2.75) is 38.0 Å². The van der Waals surface area contributed by atoms with E-state index < -0.39 is 30.0 Å². The van der Waals surface area contributed by atoms with Gasteiger partial charge in [-0.15, -0.1) is 18.8 Å². The van der Waals surface area contributed by atoms with Crippen molar-refractivity contribution in [3.63, 3.8) is 0 Å². The van der Waals surface area contributed by atoms with Crippen LogP contribution in [0.15, 0.2) is 265 Å². The molecule has 18 nitrogen and oxygen atoms in total. The number of carbonyl (C=O) groups excluding carboxylic acids is 7. The van der Waals surface area contributed by atoms with Crippen LogP contribution in [0.1, 0.15) is 121 Å². The summed E-state index contributed by atoms with van der Waals surface area (Å²) in [6, 6.07) is 71.6. The topological polar surface area (TPSA) is 265 Å². The first-order chi connectivity index (χ1) is 53.2. The molecule has 0 aromatic heterocycles. The summed E-state index contributed by atoms with van der Waals surface area (Å²) in [5.41, 5.74) is 16.0. The second-order valence-electron chi connectivity index (χ2n) is 22.4. The third-order valence-electron chi connectivity index (χ3n) is 14.9. The van der Waals surface area contributed by atoms with Gasteiger partial charge in [-0.2, -0.15) is 0 Å². The number of carboxylic acids is 1. The largest absolute Gasteiger partial charge is 0.478 e. The maximum absolute atomic E-state index is 12.4. The molecule has 6 N–H and O–H groups in total. The molecule has 1 amide bonds. The van der Waals surface area contributed by atoms with Crippen LogP contribution in [-0.2, 0) is 33.3 Å². The summed E-state index contributed by atoms with van der Waals surface area (Å²) in [7, 11) is 10.1. The van der Waals surface area contributed by atoms with Crippen LogP contribution < -0.4 is 21.7 Å². The van der Waals surface area contributed by atoms with Crippen LogP contribution in [0.5, 0.6) is 0 Å². The summed E-state index contributed by atoms with van der Waals surface area (Å²) in [6.45, 7) is 3.62. The Morgan fingerprint density at radius 3 is 0.982 bits per heavy atom. The number of nitrogens with two attached hydrogens (primary N) is 1. The lowest BCUT2D eigenvalue weighted by molar-refractivity contribution is -0.144. The molecule has 0 bridgehead atoms. The Morgan fingerprint density at radius 1 is 0.414 bits per heavy atom. The lowest BCUT2D eigenvalue weighted by Gasteiger charge is -2.22. The fourth-order valence-corrected chi connectivity index (χ4v) is 8.80. The summed E-state index contributed by atoms with van der Waals surface area (Å²) in [4.78, 5) is 89.2. The number of likely N-dealkylation sites (N-methyl/N-ethyl adjacent to an activating group) is 2. The highest BCUT2D eigenvalue weighted by Gasteiger charge is 2.27. The minimum atomic E-state index is -0.917. The zero-order valence-electron chi connectivity index (χ0n) is 62.8. The first kappa shape index (κ1) is 94.1. The number of aromatic carboxylic acids is 1. The number of carbonyl (C=O) groups is 8. The average Bonchev–Trinajstić information content (AvgIpc) is 0.863. The van der Waals surface area contributed by atoms with Gasteiger partial charge in [0.1, 0.15) is 18.4 Å². The Hall–Kier alpha value is -13.0. The fourth-order valence-electron chi connectivity index (χ4n) is 8.38. The molecule has 0 saturated heterocycles. The molecule has 111 heavy (non-hydrogen) atoms. The lowest BCUT2D eigenvalue weighted by Crippen LogP contribution is -2.52. The minimum absolute atomic E-state index is 0. The van der Waals surface area contributed by atoms with Crippen molar-refractivity contribution in [1.29, 1.82) is 0 Å². The van der Waals surface area contributed by atoms with E-state index in [1.165, 1.54) is 35.5 Å². The van der Waals surface area contributed by atoms with Gasteiger partial charge in [-0.25, -0.2) is 24.0 Å². The van der Waals surface area contributed by atoms with E-state index in [2.05, 4.69) is 98.9 Å². The van der Waals surface area contributed by atoms with Gasteiger partial charge in [0.2, 0.25) is 0 Å². The van der Waals surface area contributed by atoms with Gasteiger partial charge in [0.05, 0.1) is 57.8 Å². The molecule has 4 atom stereocenters. The minimum Gasteiger partial charge on any atom is -0.478 e. The molecule has 0 spiro atoms. The average molecular weight is 1620 g/mol. The third kappa shape index (κ3) is 38.4. The van der Waals surface area contributed by atoms with Gasteiger partial charge in [-0.05, 0) is 206 Å². The number of esters is 5. The summed E-state index contributed by atoms with van der Waals surface area (Å²) in [5, 5.41) is 17.3. The van der Waals surface area contributed by atoms with Crippen LogP contribution in [0, 0.1) is 47.9 Å². The van der Waals surface area contributed by atoms with Crippen LogP contribution in [0.25, 0.3) is 24.3 Å². The number of aldehydes is 1. The van der Waals surface area contributed by atoms with E-state index in [9.17, 15) is 38.4 Å². The summed E-state index contributed by atoms with van der Waals surface area (Å²) >= 11 is 2.15. The normalized spacial score (nSPS) is 10.8. The van der Waals surface area contributed by atoms with E-state index in [4.69, 9.17) is 22.0 Å². The van der Waals surface area contributed by atoms with Crippen molar-refractivity contribution < 1.29 is 67.1 Å². The van der Waals surface area contributed by atoms with E-state index in [0.717, 1.165) is 50.8 Å². The van der Waals surface area contributed by atoms with Crippen LogP contribution in [-0.4, -0.2) is 127 Å². The van der Waals surface area contributed by atoms with Gasteiger partial charge < -0.3 is 50.5 Å². The monoisotopic (exact) mass is 1620 g/mol. The van der Waals surface area contributed by atoms with E-state index in [1.54, 1.807) is 124 Å². The first-order valence-corrected chi connectivity index (χ1v) is 34.9. The molecule has 20 heteroatoms. The number of hydrogen-bond donors (Lipinski definition) is 5. The third-order valence-corrected chi connectivity index (χ3v) is 15.2.